The molecule has 0 atom stereocenters. The number of hydrogen-bond donors (Lipinski definition) is 1. The average Bonchev–Trinajstić information content (AvgIpc) is 2.95. The molecule has 0 fully saturated rings. The molecule has 0 amide bonds. The zero-order chi connectivity index (χ0) is 14.7. The van der Waals surface area contributed by atoms with Gasteiger partial charge in [-0.25, -0.2) is 0 Å². The molecular formula is C15H16N4OS. The van der Waals surface area contributed by atoms with E-state index in [1.165, 1.54) is 11.5 Å². The number of aromatic nitrogens is 3. The summed E-state index contributed by atoms with van der Waals surface area (Å²) in [5.74, 6) is 0. The fourth-order valence-corrected chi connectivity index (χ4v) is 2.80. The van der Waals surface area contributed by atoms with Gasteiger partial charge in [-0.05, 0) is 23.9 Å². The van der Waals surface area contributed by atoms with Crippen LogP contribution in [-0.4, -0.2) is 20.7 Å². The highest BCUT2D eigenvalue weighted by Gasteiger charge is 2.10. The van der Waals surface area contributed by atoms with E-state index in [1.54, 1.807) is 4.57 Å². The van der Waals surface area contributed by atoms with Gasteiger partial charge in [-0.3, -0.25) is 4.79 Å². The Labute approximate surface area is 126 Å². The summed E-state index contributed by atoms with van der Waals surface area (Å²) in [6, 6.07) is 9.56. The zero-order valence-corrected chi connectivity index (χ0v) is 12.6. The normalized spacial score (nSPS) is 10.9. The van der Waals surface area contributed by atoms with Crippen LogP contribution in [0.25, 0.3) is 10.8 Å². The minimum Gasteiger partial charge on any atom is -0.374 e. The number of nitrogens with one attached hydrogen (secondary N) is 1. The van der Waals surface area contributed by atoms with Crippen molar-refractivity contribution in [2.75, 3.05) is 11.9 Å². The van der Waals surface area contributed by atoms with Gasteiger partial charge >= 0.3 is 0 Å². The maximum Gasteiger partial charge on any atom is 0.258 e. The van der Waals surface area contributed by atoms with Gasteiger partial charge in [-0.1, -0.05) is 29.6 Å². The van der Waals surface area contributed by atoms with E-state index in [0.29, 0.717) is 6.54 Å². The first-order valence-corrected chi connectivity index (χ1v) is 7.70. The molecule has 1 aromatic carbocycles. The van der Waals surface area contributed by atoms with Crippen LogP contribution in [0.4, 0.5) is 5.00 Å². The summed E-state index contributed by atoms with van der Waals surface area (Å²) < 4.78 is 5.65. The standard InChI is InChI=1S/C15H16N4OS/c1-2-8-16-14-13(17-18-21-14)10-19-9-7-11-5-3-4-6-12(11)15(19)20/h3-7,9,16H,2,8,10H2,1H3. The third kappa shape index (κ3) is 2.80. The van der Waals surface area contributed by atoms with Crippen LogP contribution in [0.5, 0.6) is 0 Å². The van der Waals surface area contributed by atoms with Crippen molar-refractivity contribution in [3.63, 3.8) is 0 Å². The topological polar surface area (TPSA) is 59.8 Å². The van der Waals surface area contributed by atoms with Gasteiger partial charge in [0.05, 0.1) is 6.54 Å². The molecule has 108 valence electrons. The maximum atomic E-state index is 12.5. The van der Waals surface area contributed by atoms with Crippen molar-refractivity contribution in [3.05, 3.63) is 52.6 Å². The van der Waals surface area contributed by atoms with E-state index in [9.17, 15) is 4.79 Å². The molecule has 21 heavy (non-hydrogen) atoms. The van der Waals surface area contributed by atoms with E-state index < -0.39 is 0 Å². The first-order valence-electron chi connectivity index (χ1n) is 6.93. The van der Waals surface area contributed by atoms with E-state index in [2.05, 4.69) is 21.8 Å². The second-order valence-corrected chi connectivity index (χ2v) is 5.57. The fraction of sp³-hybridized carbons (Fsp3) is 0.267. The van der Waals surface area contributed by atoms with Crippen molar-refractivity contribution in [2.24, 2.45) is 0 Å². The Morgan fingerprint density at radius 1 is 1.29 bits per heavy atom. The molecular weight excluding hydrogens is 284 g/mol. The van der Waals surface area contributed by atoms with E-state index in [-0.39, 0.29) is 5.56 Å². The average molecular weight is 300 g/mol. The molecule has 3 aromatic rings. The summed E-state index contributed by atoms with van der Waals surface area (Å²) >= 11 is 1.33. The highest BCUT2D eigenvalue weighted by Crippen LogP contribution is 2.18. The quantitative estimate of drug-likeness (QED) is 0.787. The summed E-state index contributed by atoms with van der Waals surface area (Å²) in [6.45, 7) is 3.42. The lowest BCUT2D eigenvalue weighted by Crippen LogP contribution is -2.20. The van der Waals surface area contributed by atoms with Gasteiger partial charge in [0.25, 0.3) is 5.56 Å². The second-order valence-electron chi connectivity index (χ2n) is 4.81. The van der Waals surface area contributed by atoms with E-state index in [1.807, 2.05) is 36.5 Å². The monoisotopic (exact) mass is 300 g/mol. The SMILES string of the molecule is CCCNc1snnc1Cn1ccc2ccccc2c1=O. The molecule has 5 nitrogen and oxygen atoms in total. The van der Waals surface area contributed by atoms with Gasteiger partial charge in [-0.15, -0.1) is 5.10 Å². The molecule has 0 spiro atoms. The minimum atomic E-state index is 0.00235. The van der Waals surface area contributed by atoms with Crippen molar-refractivity contribution in [1.29, 1.82) is 0 Å². The maximum absolute atomic E-state index is 12.5. The first kappa shape index (κ1) is 13.8. The minimum absolute atomic E-state index is 0.00235. The number of benzene rings is 1. The summed E-state index contributed by atoms with van der Waals surface area (Å²) in [5, 5.41) is 10.1. The van der Waals surface area contributed by atoms with Gasteiger partial charge in [0.1, 0.15) is 10.7 Å². The van der Waals surface area contributed by atoms with Gasteiger partial charge in [-0.2, -0.15) is 0 Å². The molecule has 0 bridgehead atoms. The number of hydrogen-bond acceptors (Lipinski definition) is 5. The van der Waals surface area contributed by atoms with Crippen LogP contribution in [0.2, 0.25) is 0 Å². The number of fused-ring (bicyclic) bond motifs is 1. The highest BCUT2D eigenvalue weighted by atomic mass is 32.1. The van der Waals surface area contributed by atoms with Gasteiger partial charge in [0, 0.05) is 29.7 Å². The van der Waals surface area contributed by atoms with Crippen molar-refractivity contribution in [3.8, 4) is 0 Å². The lowest BCUT2D eigenvalue weighted by molar-refractivity contribution is 0.743. The predicted molar refractivity (Wildman–Crippen MR) is 86.0 cm³/mol. The largest absolute Gasteiger partial charge is 0.374 e. The molecule has 2 heterocycles. The lowest BCUT2D eigenvalue weighted by Gasteiger charge is -2.07. The molecule has 0 aliphatic rings. The molecule has 6 heteroatoms. The lowest BCUT2D eigenvalue weighted by atomic mass is 10.2. The molecule has 1 N–H and O–H groups in total. The Morgan fingerprint density at radius 2 is 2.14 bits per heavy atom. The number of rotatable bonds is 5. The van der Waals surface area contributed by atoms with E-state index in [4.69, 9.17) is 0 Å². The summed E-state index contributed by atoms with van der Waals surface area (Å²) in [4.78, 5) is 12.5. The Morgan fingerprint density at radius 3 is 3.00 bits per heavy atom. The van der Waals surface area contributed by atoms with Crippen LogP contribution in [0, 0.1) is 0 Å². The van der Waals surface area contributed by atoms with Crippen molar-refractivity contribution < 1.29 is 0 Å². The van der Waals surface area contributed by atoms with Crippen LogP contribution < -0.4 is 10.9 Å². The Balaban J connectivity index is 1.94. The number of pyridine rings is 1. The Hall–Kier alpha value is -2.21. The number of nitrogens with zero attached hydrogens (tertiary/aromatic N) is 3. The molecule has 3 rings (SSSR count). The highest BCUT2D eigenvalue weighted by molar-refractivity contribution is 7.10. The van der Waals surface area contributed by atoms with Crippen LogP contribution in [-0.2, 0) is 6.54 Å². The van der Waals surface area contributed by atoms with Crippen molar-refractivity contribution in [1.82, 2.24) is 14.2 Å². The molecule has 0 aliphatic heterocycles. The van der Waals surface area contributed by atoms with Gasteiger partial charge in [0.15, 0.2) is 0 Å². The third-order valence-electron chi connectivity index (χ3n) is 3.30. The van der Waals surface area contributed by atoms with Gasteiger partial charge < -0.3 is 9.88 Å². The smallest absolute Gasteiger partial charge is 0.258 e. The van der Waals surface area contributed by atoms with E-state index >= 15 is 0 Å². The Bertz CT molecular complexity index is 809. The third-order valence-corrected chi connectivity index (χ3v) is 4.02. The zero-order valence-electron chi connectivity index (χ0n) is 11.7. The van der Waals surface area contributed by atoms with Crippen LogP contribution in [0.3, 0.4) is 0 Å². The predicted octanol–water partition coefficient (Wildman–Crippen LogP) is 2.72. The number of anilines is 1. The second kappa shape index (κ2) is 6.05. The van der Waals surface area contributed by atoms with Gasteiger partial charge in [0.2, 0.25) is 0 Å². The first-order chi connectivity index (χ1) is 10.3. The summed E-state index contributed by atoms with van der Waals surface area (Å²) in [6.07, 6.45) is 2.85. The van der Waals surface area contributed by atoms with Crippen LogP contribution in [0.1, 0.15) is 19.0 Å². The molecule has 0 radical (unpaired) electrons. The summed E-state index contributed by atoms with van der Waals surface area (Å²) in [7, 11) is 0. The van der Waals surface area contributed by atoms with Crippen molar-refractivity contribution >= 4 is 27.3 Å². The van der Waals surface area contributed by atoms with Crippen LogP contribution in [0.15, 0.2) is 41.3 Å². The van der Waals surface area contributed by atoms with Crippen LogP contribution >= 0.6 is 11.5 Å². The summed E-state index contributed by atoms with van der Waals surface area (Å²) in [5.41, 5.74) is 0.813. The molecule has 0 unspecified atom stereocenters. The Kier molecular flexibility index (Phi) is 3.96. The molecule has 0 aliphatic carbocycles. The molecule has 0 saturated heterocycles. The van der Waals surface area contributed by atoms with E-state index in [0.717, 1.165) is 34.4 Å². The molecule has 2 aromatic heterocycles. The fourth-order valence-electron chi connectivity index (χ4n) is 2.20. The van der Waals surface area contributed by atoms with Crippen molar-refractivity contribution in [2.45, 2.75) is 19.9 Å². The molecule has 0 saturated carbocycles.